The number of rotatable bonds is 6. The molecule has 1 N–H and O–H groups in total. The second-order valence-corrected chi connectivity index (χ2v) is 7.06. The van der Waals surface area contributed by atoms with Gasteiger partial charge < -0.3 is 19.2 Å². The van der Waals surface area contributed by atoms with Gasteiger partial charge in [0.15, 0.2) is 11.5 Å². The lowest BCUT2D eigenvalue weighted by Crippen LogP contribution is -2.17. The first-order valence-corrected chi connectivity index (χ1v) is 9.39. The maximum atomic E-state index is 12.5. The van der Waals surface area contributed by atoms with E-state index in [0.717, 1.165) is 22.1 Å². The van der Waals surface area contributed by atoms with Gasteiger partial charge in [-0.1, -0.05) is 12.1 Å². The molecule has 0 saturated heterocycles. The Bertz CT molecular complexity index is 1130. The zero-order chi connectivity index (χ0) is 21.1. The van der Waals surface area contributed by atoms with Gasteiger partial charge in [-0.25, -0.2) is 4.79 Å². The van der Waals surface area contributed by atoms with E-state index in [0.29, 0.717) is 34.8 Å². The highest BCUT2D eigenvalue weighted by Crippen LogP contribution is 2.33. The summed E-state index contributed by atoms with van der Waals surface area (Å²) in [5.74, 6) is 0.945. The summed E-state index contributed by atoms with van der Waals surface area (Å²) in [4.78, 5) is 24.9. The first-order valence-electron chi connectivity index (χ1n) is 9.39. The molecule has 3 rings (SSSR count). The van der Waals surface area contributed by atoms with Crippen molar-refractivity contribution in [3.8, 4) is 11.5 Å². The molecular formula is C23H25NO5. The van der Waals surface area contributed by atoms with Gasteiger partial charge >= 0.3 is 5.63 Å². The number of carbonyl (C=O) groups excluding carboxylic acids is 1. The van der Waals surface area contributed by atoms with Crippen LogP contribution in [0.2, 0.25) is 0 Å². The summed E-state index contributed by atoms with van der Waals surface area (Å²) in [5, 5.41) is 3.77. The lowest BCUT2D eigenvalue weighted by Gasteiger charge is -2.14. The molecule has 6 nitrogen and oxygen atoms in total. The fourth-order valence-electron chi connectivity index (χ4n) is 3.36. The monoisotopic (exact) mass is 395 g/mol. The van der Waals surface area contributed by atoms with Gasteiger partial charge in [-0.2, -0.15) is 0 Å². The van der Waals surface area contributed by atoms with Gasteiger partial charge in [-0.05, 0) is 56.0 Å². The molecule has 29 heavy (non-hydrogen) atoms. The lowest BCUT2D eigenvalue weighted by molar-refractivity contribution is -0.116. The topological polar surface area (TPSA) is 77.8 Å². The first kappa shape index (κ1) is 20.5. The highest BCUT2D eigenvalue weighted by atomic mass is 16.5. The highest BCUT2D eigenvalue weighted by Gasteiger charge is 2.15. The van der Waals surface area contributed by atoms with Gasteiger partial charge in [0.05, 0.1) is 14.2 Å². The van der Waals surface area contributed by atoms with E-state index in [2.05, 4.69) is 5.32 Å². The Labute approximate surface area is 169 Å². The van der Waals surface area contributed by atoms with Crippen LogP contribution in [0, 0.1) is 20.8 Å². The normalized spacial score (nSPS) is 10.8. The van der Waals surface area contributed by atoms with Gasteiger partial charge in [0.2, 0.25) is 5.91 Å². The van der Waals surface area contributed by atoms with Crippen molar-refractivity contribution < 1.29 is 18.7 Å². The molecule has 0 bridgehead atoms. The lowest BCUT2D eigenvalue weighted by atomic mass is 10.0. The van der Waals surface area contributed by atoms with Gasteiger partial charge in [-0.3, -0.25) is 4.79 Å². The van der Waals surface area contributed by atoms with Crippen molar-refractivity contribution in [2.75, 3.05) is 19.5 Å². The quantitative estimate of drug-likeness (QED) is 0.630. The number of aryl methyl sites for hydroxylation is 3. The van der Waals surface area contributed by atoms with Crippen LogP contribution in [0.15, 0.2) is 39.5 Å². The number of nitrogens with one attached hydrogen (secondary N) is 1. The number of ether oxygens (including phenoxy) is 2. The molecule has 1 heterocycles. The number of carbonyl (C=O) groups is 1. The third-order valence-electron chi connectivity index (χ3n) is 5.05. The molecule has 0 atom stereocenters. The van der Waals surface area contributed by atoms with Crippen LogP contribution in [-0.2, 0) is 11.2 Å². The van der Waals surface area contributed by atoms with E-state index in [1.165, 1.54) is 0 Å². The number of benzene rings is 2. The molecular weight excluding hydrogens is 370 g/mol. The molecule has 1 aromatic heterocycles. The van der Waals surface area contributed by atoms with Crippen LogP contribution in [0.3, 0.4) is 0 Å². The maximum Gasteiger partial charge on any atom is 0.339 e. The van der Waals surface area contributed by atoms with Crippen molar-refractivity contribution in [2.24, 2.45) is 0 Å². The average molecular weight is 395 g/mol. The molecule has 0 aliphatic rings. The number of hydrogen-bond donors (Lipinski definition) is 1. The smallest absolute Gasteiger partial charge is 0.339 e. The van der Waals surface area contributed by atoms with Crippen LogP contribution in [0.25, 0.3) is 11.0 Å². The van der Waals surface area contributed by atoms with Gasteiger partial charge in [-0.15, -0.1) is 0 Å². The summed E-state index contributed by atoms with van der Waals surface area (Å²) in [6.45, 7) is 5.71. The zero-order valence-corrected chi connectivity index (χ0v) is 17.3. The number of amides is 1. The van der Waals surface area contributed by atoms with Crippen molar-refractivity contribution in [1.82, 2.24) is 0 Å². The van der Waals surface area contributed by atoms with Crippen molar-refractivity contribution in [1.29, 1.82) is 0 Å². The molecule has 0 unspecified atom stereocenters. The molecule has 3 aromatic rings. The second kappa shape index (κ2) is 8.39. The third-order valence-corrected chi connectivity index (χ3v) is 5.05. The van der Waals surface area contributed by atoms with Crippen LogP contribution < -0.4 is 20.4 Å². The second-order valence-electron chi connectivity index (χ2n) is 7.06. The van der Waals surface area contributed by atoms with E-state index in [-0.39, 0.29) is 12.3 Å². The summed E-state index contributed by atoms with van der Waals surface area (Å²) >= 11 is 0. The largest absolute Gasteiger partial charge is 0.493 e. The summed E-state index contributed by atoms with van der Waals surface area (Å²) in [6.07, 6.45) is 0.465. The summed E-state index contributed by atoms with van der Waals surface area (Å²) in [5.41, 5.74) is 4.08. The Morgan fingerprint density at radius 3 is 2.41 bits per heavy atom. The van der Waals surface area contributed by atoms with Crippen molar-refractivity contribution >= 4 is 22.6 Å². The van der Waals surface area contributed by atoms with Crippen LogP contribution in [0.1, 0.15) is 28.7 Å². The molecule has 2 aromatic carbocycles. The Hall–Kier alpha value is -3.28. The van der Waals surface area contributed by atoms with Crippen LogP contribution >= 0.6 is 0 Å². The van der Waals surface area contributed by atoms with E-state index in [4.69, 9.17) is 13.9 Å². The molecule has 152 valence electrons. The molecule has 0 saturated carbocycles. The minimum absolute atomic E-state index is 0.163. The summed E-state index contributed by atoms with van der Waals surface area (Å²) < 4.78 is 16.0. The van der Waals surface area contributed by atoms with E-state index in [9.17, 15) is 9.59 Å². The molecule has 0 aliphatic carbocycles. The van der Waals surface area contributed by atoms with Gasteiger partial charge in [0.25, 0.3) is 0 Å². The van der Waals surface area contributed by atoms with Crippen LogP contribution in [-0.4, -0.2) is 20.1 Å². The number of fused-ring (bicyclic) bond motifs is 1. The van der Waals surface area contributed by atoms with E-state index in [1.807, 2.05) is 39.0 Å². The van der Waals surface area contributed by atoms with Crippen LogP contribution in [0.4, 0.5) is 5.69 Å². The molecule has 0 aliphatic heterocycles. The van der Waals surface area contributed by atoms with Crippen LogP contribution in [0.5, 0.6) is 11.5 Å². The Morgan fingerprint density at radius 2 is 1.72 bits per heavy atom. The molecule has 0 radical (unpaired) electrons. The van der Waals surface area contributed by atoms with E-state index < -0.39 is 5.63 Å². The predicted molar refractivity (Wildman–Crippen MR) is 113 cm³/mol. The predicted octanol–water partition coefficient (Wildman–Crippen LogP) is 4.31. The molecule has 1 amide bonds. The fraction of sp³-hybridized carbons (Fsp3) is 0.304. The zero-order valence-electron chi connectivity index (χ0n) is 17.3. The standard InChI is InChI=1S/C23H25NO5/c1-13-6-7-16-15(3)17(23(26)29-19(16)10-13)8-9-22(25)24-18-12-21(28-5)20(27-4)11-14(18)2/h6-7,10-12H,8-9H2,1-5H3,(H,24,25). The minimum atomic E-state index is -0.393. The molecule has 6 heteroatoms. The fourth-order valence-corrected chi connectivity index (χ4v) is 3.36. The first-order chi connectivity index (χ1) is 13.8. The van der Waals surface area contributed by atoms with Gasteiger partial charge in [0.1, 0.15) is 5.58 Å². The Morgan fingerprint density at radius 1 is 1.03 bits per heavy atom. The SMILES string of the molecule is COc1cc(C)c(NC(=O)CCc2c(C)c3ccc(C)cc3oc2=O)cc1OC. The third kappa shape index (κ3) is 4.26. The Balaban J connectivity index is 1.78. The Kier molecular flexibility index (Phi) is 5.92. The molecule has 0 fully saturated rings. The number of anilines is 1. The average Bonchev–Trinajstić information content (AvgIpc) is 2.68. The maximum absolute atomic E-state index is 12.5. The minimum Gasteiger partial charge on any atom is -0.493 e. The summed E-state index contributed by atoms with van der Waals surface area (Å²) in [7, 11) is 3.11. The number of hydrogen-bond acceptors (Lipinski definition) is 5. The van der Waals surface area contributed by atoms with Crippen molar-refractivity contribution in [2.45, 2.75) is 33.6 Å². The van der Waals surface area contributed by atoms with Crippen molar-refractivity contribution in [3.63, 3.8) is 0 Å². The number of methoxy groups -OCH3 is 2. The van der Waals surface area contributed by atoms with E-state index in [1.54, 1.807) is 26.4 Å². The summed E-state index contributed by atoms with van der Waals surface area (Å²) in [6, 6.07) is 9.30. The van der Waals surface area contributed by atoms with Crippen molar-refractivity contribution in [3.05, 3.63) is 63.0 Å². The van der Waals surface area contributed by atoms with Gasteiger partial charge in [0, 0.05) is 29.1 Å². The highest BCUT2D eigenvalue weighted by molar-refractivity contribution is 5.92. The van der Waals surface area contributed by atoms with E-state index >= 15 is 0 Å². The molecule has 0 spiro atoms.